The average molecular weight is 362 g/mol. The van der Waals surface area contributed by atoms with Crippen molar-refractivity contribution in [3.63, 3.8) is 0 Å². The van der Waals surface area contributed by atoms with E-state index in [0.717, 1.165) is 5.56 Å². The van der Waals surface area contributed by atoms with Crippen LogP contribution < -0.4 is 5.56 Å². The number of nitrogens with zero attached hydrogens (tertiary/aromatic N) is 2. The number of hydrogen-bond acceptors (Lipinski definition) is 4. The highest BCUT2D eigenvalue weighted by molar-refractivity contribution is 7.91. The normalized spacial score (nSPS) is 11.3. The maximum atomic E-state index is 12.6. The maximum Gasteiger partial charge on any atom is 0.263 e. The Balaban J connectivity index is 2.17. The molecular formula is C18H22N2O4S. The molecule has 25 heavy (non-hydrogen) atoms. The number of pyridine rings is 1. The molecule has 1 heterocycles. The minimum atomic E-state index is -3.49. The first-order valence-corrected chi connectivity index (χ1v) is 9.66. The summed E-state index contributed by atoms with van der Waals surface area (Å²) in [6.07, 6.45) is 1.57. The molecular weight excluding hydrogens is 340 g/mol. The van der Waals surface area contributed by atoms with Crippen LogP contribution in [0.3, 0.4) is 0 Å². The lowest BCUT2D eigenvalue weighted by Crippen LogP contribution is -2.38. The van der Waals surface area contributed by atoms with Crippen LogP contribution in [0.5, 0.6) is 0 Å². The highest BCUT2D eigenvalue weighted by atomic mass is 32.2. The van der Waals surface area contributed by atoms with E-state index in [1.807, 2.05) is 6.92 Å². The molecule has 0 aliphatic heterocycles. The minimum Gasteiger partial charge on any atom is -0.338 e. The van der Waals surface area contributed by atoms with Gasteiger partial charge < -0.3 is 9.47 Å². The van der Waals surface area contributed by atoms with Gasteiger partial charge in [0.15, 0.2) is 9.84 Å². The zero-order valence-corrected chi connectivity index (χ0v) is 15.4. The zero-order chi connectivity index (χ0) is 18.6. The van der Waals surface area contributed by atoms with Gasteiger partial charge in [0, 0.05) is 26.3 Å². The number of aryl methyl sites for hydroxylation is 2. The molecule has 7 heteroatoms. The van der Waals surface area contributed by atoms with Gasteiger partial charge in [-0.25, -0.2) is 8.42 Å². The fourth-order valence-corrected chi connectivity index (χ4v) is 3.67. The first kappa shape index (κ1) is 18.9. The van der Waals surface area contributed by atoms with Crippen LogP contribution in [0.15, 0.2) is 52.3 Å². The summed E-state index contributed by atoms with van der Waals surface area (Å²) in [5, 5.41) is 0. The summed E-state index contributed by atoms with van der Waals surface area (Å²) in [6.45, 7) is 3.99. The van der Waals surface area contributed by atoms with Crippen LogP contribution >= 0.6 is 0 Å². The van der Waals surface area contributed by atoms with E-state index in [9.17, 15) is 18.0 Å². The largest absolute Gasteiger partial charge is 0.338 e. The molecule has 0 saturated carbocycles. The fourth-order valence-electron chi connectivity index (χ4n) is 2.43. The van der Waals surface area contributed by atoms with Crippen LogP contribution in [-0.4, -0.2) is 42.6 Å². The van der Waals surface area contributed by atoms with Crippen molar-refractivity contribution in [2.45, 2.75) is 18.7 Å². The van der Waals surface area contributed by atoms with E-state index in [2.05, 4.69) is 0 Å². The Morgan fingerprint density at radius 3 is 2.40 bits per heavy atom. The molecule has 1 aromatic carbocycles. The summed E-state index contributed by atoms with van der Waals surface area (Å²) in [5.74, 6) is -0.647. The molecule has 0 bridgehead atoms. The zero-order valence-electron chi connectivity index (χ0n) is 14.6. The molecule has 0 atom stereocenters. The SMILES string of the molecule is CCN(CCS(=O)(=O)c1ccc(C)cc1)C(=O)c1cccn(C)c1=O. The molecule has 0 aliphatic rings. The molecule has 2 rings (SSSR count). The first-order valence-electron chi connectivity index (χ1n) is 8.00. The molecule has 0 fully saturated rings. The number of carbonyl (C=O) groups excluding carboxylic acids is 1. The Hall–Kier alpha value is -2.41. The fraction of sp³-hybridized carbons (Fsp3) is 0.333. The molecule has 1 amide bonds. The van der Waals surface area contributed by atoms with Gasteiger partial charge in [0.05, 0.1) is 10.6 Å². The van der Waals surface area contributed by atoms with E-state index in [0.29, 0.717) is 6.54 Å². The highest BCUT2D eigenvalue weighted by Crippen LogP contribution is 2.13. The monoisotopic (exact) mass is 362 g/mol. The minimum absolute atomic E-state index is 0.0313. The molecule has 2 aromatic rings. The van der Waals surface area contributed by atoms with Crippen LogP contribution in [0.2, 0.25) is 0 Å². The van der Waals surface area contributed by atoms with Crippen molar-refractivity contribution >= 4 is 15.7 Å². The third kappa shape index (κ3) is 4.36. The molecule has 1 aromatic heterocycles. The molecule has 0 radical (unpaired) electrons. The van der Waals surface area contributed by atoms with Gasteiger partial charge in [-0.05, 0) is 38.1 Å². The van der Waals surface area contributed by atoms with Gasteiger partial charge in [0.2, 0.25) is 0 Å². The molecule has 0 unspecified atom stereocenters. The third-order valence-electron chi connectivity index (χ3n) is 4.03. The lowest BCUT2D eigenvalue weighted by molar-refractivity contribution is 0.0771. The van der Waals surface area contributed by atoms with Gasteiger partial charge in [-0.2, -0.15) is 0 Å². The van der Waals surface area contributed by atoms with Crippen molar-refractivity contribution in [1.29, 1.82) is 0 Å². The van der Waals surface area contributed by atoms with Crippen LogP contribution in [0.25, 0.3) is 0 Å². The second-order valence-corrected chi connectivity index (χ2v) is 7.96. The van der Waals surface area contributed by atoms with Crippen LogP contribution in [0.1, 0.15) is 22.8 Å². The van der Waals surface area contributed by atoms with Crippen molar-refractivity contribution < 1.29 is 13.2 Å². The number of benzene rings is 1. The summed E-state index contributed by atoms with van der Waals surface area (Å²) in [5.41, 5.74) is 0.621. The standard InChI is InChI=1S/C18H22N2O4S/c1-4-20(18(22)16-6-5-11-19(3)17(16)21)12-13-25(23,24)15-9-7-14(2)8-10-15/h5-11H,4,12-13H2,1-3H3. The summed E-state index contributed by atoms with van der Waals surface area (Å²) in [4.78, 5) is 26.3. The van der Waals surface area contributed by atoms with E-state index < -0.39 is 21.3 Å². The second-order valence-electron chi connectivity index (χ2n) is 5.85. The Bertz CT molecular complexity index is 915. The summed E-state index contributed by atoms with van der Waals surface area (Å²) < 4.78 is 26.2. The third-order valence-corrected chi connectivity index (χ3v) is 5.74. The molecule has 134 valence electrons. The number of rotatable bonds is 6. The topological polar surface area (TPSA) is 76.5 Å². The summed E-state index contributed by atoms with van der Waals surface area (Å²) in [6, 6.07) is 9.69. The number of aromatic nitrogens is 1. The number of sulfone groups is 1. The van der Waals surface area contributed by atoms with Crippen LogP contribution in [0.4, 0.5) is 0 Å². The van der Waals surface area contributed by atoms with E-state index >= 15 is 0 Å². The molecule has 0 N–H and O–H groups in total. The van der Waals surface area contributed by atoms with Crippen LogP contribution in [-0.2, 0) is 16.9 Å². The van der Waals surface area contributed by atoms with Crippen LogP contribution in [0, 0.1) is 6.92 Å². The second kappa shape index (κ2) is 7.65. The van der Waals surface area contributed by atoms with Crippen molar-refractivity contribution in [3.8, 4) is 0 Å². The Kier molecular flexibility index (Phi) is 5.79. The van der Waals surface area contributed by atoms with Crippen molar-refractivity contribution in [1.82, 2.24) is 9.47 Å². The van der Waals surface area contributed by atoms with Gasteiger partial charge in [-0.3, -0.25) is 9.59 Å². The molecule has 0 saturated heterocycles. The lowest BCUT2D eigenvalue weighted by atomic mass is 10.2. The van der Waals surface area contributed by atoms with E-state index in [1.165, 1.54) is 15.5 Å². The Morgan fingerprint density at radius 2 is 1.80 bits per heavy atom. The highest BCUT2D eigenvalue weighted by Gasteiger charge is 2.21. The summed E-state index contributed by atoms with van der Waals surface area (Å²) >= 11 is 0. The Labute approximate surface area is 147 Å². The van der Waals surface area contributed by atoms with Gasteiger partial charge in [-0.15, -0.1) is 0 Å². The van der Waals surface area contributed by atoms with E-state index in [4.69, 9.17) is 0 Å². The van der Waals surface area contributed by atoms with E-state index in [1.54, 1.807) is 50.5 Å². The van der Waals surface area contributed by atoms with Crippen molar-refractivity contribution in [3.05, 3.63) is 64.1 Å². The summed E-state index contributed by atoms with van der Waals surface area (Å²) in [7, 11) is -1.93. The predicted octanol–water partition coefficient (Wildman–Crippen LogP) is 1.63. The van der Waals surface area contributed by atoms with Gasteiger partial charge in [-0.1, -0.05) is 17.7 Å². The molecule has 0 aliphatic carbocycles. The van der Waals surface area contributed by atoms with Gasteiger partial charge in [0.25, 0.3) is 11.5 Å². The lowest BCUT2D eigenvalue weighted by Gasteiger charge is -2.20. The van der Waals surface area contributed by atoms with Crippen molar-refractivity contribution in [2.24, 2.45) is 7.05 Å². The average Bonchev–Trinajstić information content (AvgIpc) is 2.58. The smallest absolute Gasteiger partial charge is 0.263 e. The van der Waals surface area contributed by atoms with Crippen molar-refractivity contribution in [2.75, 3.05) is 18.8 Å². The van der Waals surface area contributed by atoms with E-state index in [-0.39, 0.29) is 22.8 Å². The van der Waals surface area contributed by atoms with Gasteiger partial charge >= 0.3 is 0 Å². The molecule has 6 nitrogen and oxygen atoms in total. The maximum absolute atomic E-state index is 12.6. The van der Waals surface area contributed by atoms with Gasteiger partial charge in [0.1, 0.15) is 5.56 Å². The number of carbonyl (C=O) groups is 1. The predicted molar refractivity (Wildman–Crippen MR) is 96.5 cm³/mol. The quantitative estimate of drug-likeness (QED) is 0.783. The Morgan fingerprint density at radius 1 is 1.16 bits per heavy atom. The number of hydrogen-bond donors (Lipinski definition) is 0. The number of amides is 1. The molecule has 0 spiro atoms. The first-order chi connectivity index (χ1) is 11.8.